The largest absolute Gasteiger partial charge is 0.460 e. The molecule has 2 aromatic heterocycles. The molecule has 0 atom stereocenters. The number of imidazole rings is 1. The van der Waals surface area contributed by atoms with Gasteiger partial charge in [0.15, 0.2) is 5.78 Å². The summed E-state index contributed by atoms with van der Waals surface area (Å²) in [7, 11) is 0. The van der Waals surface area contributed by atoms with E-state index in [-0.39, 0.29) is 31.2 Å². The van der Waals surface area contributed by atoms with Crippen molar-refractivity contribution < 1.29 is 14.3 Å². The number of amidine groups is 1. The molecule has 24 heavy (non-hydrogen) atoms. The number of carbonyl (C=O) groups is 2. The lowest BCUT2D eigenvalue weighted by Gasteiger charge is -2.00. The average Bonchev–Trinajstić information content (AvgIpc) is 3.33. The summed E-state index contributed by atoms with van der Waals surface area (Å²) in [6, 6.07) is 4.06. The zero-order chi connectivity index (χ0) is 17.1. The number of esters is 1. The monoisotopic (exact) mass is 328 g/mol. The number of hydrogen-bond donors (Lipinski definition) is 1. The highest BCUT2D eigenvalue weighted by Crippen LogP contribution is 2.39. The van der Waals surface area contributed by atoms with E-state index < -0.39 is 5.97 Å². The summed E-state index contributed by atoms with van der Waals surface area (Å²) in [6.45, 7) is 1.73. The Kier molecular flexibility index (Phi) is 4.59. The first-order valence-corrected chi connectivity index (χ1v) is 8.03. The Morgan fingerprint density at radius 1 is 1.38 bits per heavy atom. The maximum absolute atomic E-state index is 12.0. The quantitative estimate of drug-likeness (QED) is 0.489. The van der Waals surface area contributed by atoms with Crippen LogP contribution < -0.4 is 5.73 Å². The predicted octanol–water partition coefficient (Wildman–Crippen LogP) is 1.24. The first kappa shape index (κ1) is 16.2. The third kappa shape index (κ3) is 3.79. The maximum atomic E-state index is 12.0. The van der Waals surface area contributed by atoms with E-state index in [1.807, 2.05) is 16.7 Å². The number of Topliss-reactive ketones (excluding diaryl/α,β-unsaturated/α-hetero) is 1. The Balaban J connectivity index is 1.62. The Hall–Kier alpha value is -2.70. The minimum absolute atomic E-state index is 0.153. The molecule has 1 saturated carbocycles. The van der Waals surface area contributed by atoms with Crippen molar-refractivity contribution in [3.63, 3.8) is 0 Å². The summed E-state index contributed by atoms with van der Waals surface area (Å²) in [5.74, 6) is -0.477. The van der Waals surface area contributed by atoms with E-state index in [9.17, 15) is 9.59 Å². The van der Waals surface area contributed by atoms with Gasteiger partial charge in [-0.05, 0) is 37.3 Å². The van der Waals surface area contributed by atoms with Gasteiger partial charge in [0.2, 0.25) is 5.84 Å². The van der Waals surface area contributed by atoms with Gasteiger partial charge in [-0.3, -0.25) is 9.79 Å². The molecule has 0 amide bonds. The molecule has 126 valence electrons. The number of ether oxygens (including phenoxy) is 1. The van der Waals surface area contributed by atoms with Crippen molar-refractivity contribution in [3.8, 4) is 0 Å². The standard InChI is InChI=1S/C17H20N4O3/c1-2-24-17(23)16(18)19-8-14(22)7-13-10-21-9-12(11-3-4-11)5-6-15(21)20-13/h5-6,9-11H,2-4,7-8H2,1H3,(H2,18,19). The first-order chi connectivity index (χ1) is 11.6. The number of hydrogen-bond acceptors (Lipinski definition) is 5. The molecule has 3 rings (SSSR count). The van der Waals surface area contributed by atoms with Crippen LogP contribution >= 0.6 is 0 Å². The van der Waals surface area contributed by atoms with Crippen LogP contribution in [0.1, 0.15) is 36.9 Å². The van der Waals surface area contributed by atoms with Crippen LogP contribution in [-0.2, 0) is 20.7 Å². The number of nitrogens with two attached hydrogens (primary N) is 1. The lowest BCUT2D eigenvalue weighted by molar-refractivity contribution is -0.135. The SMILES string of the molecule is CCOC(=O)C(N)=NCC(=O)Cc1cn2cc(C3CC3)ccc2n1. The minimum Gasteiger partial charge on any atom is -0.460 e. The molecule has 7 nitrogen and oxygen atoms in total. The second kappa shape index (κ2) is 6.82. The van der Waals surface area contributed by atoms with E-state index in [0.717, 1.165) is 5.65 Å². The summed E-state index contributed by atoms with van der Waals surface area (Å²) in [4.78, 5) is 31.5. The van der Waals surface area contributed by atoms with Crippen molar-refractivity contribution in [1.82, 2.24) is 9.38 Å². The number of nitrogens with zero attached hydrogens (tertiary/aromatic N) is 3. The molecule has 1 fully saturated rings. The third-order valence-corrected chi connectivity index (χ3v) is 3.86. The van der Waals surface area contributed by atoms with Crippen LogP contribution in [-0.4, -0.2) is 40.1 Å². The normalized spacial score (nSPS) is 14.8. The van der Waals surface area contributed by atoms with Crippen LogP contribution in [0.15, 0.2) is 29.5 Å². The van der Waals surface area contributed by atoms with Gasteiger partial charge >= 0.3 is 5.97 Å². The summed E-state index contributed by atoms with van der Waals surface area (Å²) in [5.41, 5.74) is 8.27. The highest BCUT2D eigenvalue weighted by molar-refractivity contribution is 6.34. The van der Waals surface area contributed by atoms with E-state index in [1.54, 1.807) is 6.92 Å². The van der Waals surface area contributed by atoms with E-state index in [1.165, 1.54) is 18.4 Å². The zero-order valence-electron chi connectivity index (χ0n) is 13.6. The molecular formula is C17H20N4O3. The lowest BCUT2D eigenvalue weighted by Crippen LogP contribution is -2.27. The van der Waals surface area contributed by atoms with Gasteiger partial charge in [0.25, 0.3) is 0 Å². The van der Waals surface area contributed by atoms with E-state index in [4.69, 9.17) is 10.5 Å². The van der Waals surface area contributed by atoms with Crippen LogP contribution in [0.25, 0.3) is 5.65 Å². The van der Waals surface area contributed by atoms with Crippen molar-refractivity contribution >= 4 is 23.2 Å². The highest BCUT2D eigenvalue weighted by atomic mass is 16.5. The Morgan fingerprint density at radius 2 is 2.17 bits per heavy atom. The minimum atomic E-state index is -0.703. The first-order valence-electron chi connectivity index (χ1n) is 8.03. The molecule has 2 heterocycles. The molecule has 0 aromatic carbocycles. The van der Waals surface area contributed by atoms with Crippen molar-refractivity contribution in [2.75, 3.05) is 13.2 Å². The Labute approximate surface area is 139 Å². The maximum Gasteiger partial charge on any atom is 0.373 e. The highest BCUT2D eigenvalue weighted by Gasteiger charge is 2.23. The van der Waals surface area contributed by atoms with Crippen molar-refractivity contribution in [1.29, 1.82) is 0 Å². The fraction of sp³-hybridized carbons (Fsp3) is 0.412. The molecule has 0 saturated heterocycles. The molecule has 0 spiro atoms. The molecule has 0 bridgehead atoms. The fourth-order valence-corrected chi connectivity index (χ4v) is 2.51. The van der Waals surface area contributed by atoms with Crippen LogP contribution in [0.5, 0.6) is 0 Å². The van der Waals surface area contributed by atoms with Gasteiger partial charge in [-0.25, -0.2) is 9.78 Å². The Bertz CT molecular complexity index is 805. The van der Waals surface area contributed by atoms with Gasteiger partial charge in [0.05, 0.1) is 18.7 Å². The van der Waals surface area contributed by atoms with Gasteiger partial charge in [-0.1, -0.05) is 6.07 Å². The van der Waals surface area contributed by atoms with Crippen LogP contribution in [0.2, 0.25) is 0 Å². The van der Waals surface area contributed by atoms with Gasteiger partial charge in [0.1, 0.15) is 12.2 Å². The van der Waals surface area contributed by atoms with E-state index in [2.05, 4.69) is 22.2 Å². The molecule has 2 N–H and O–H groups in total. The average molecular weight is 328 g/mol. The molecule has 0 radical (unpaired) electrons. The Morgan fingerprint density at radius 3 is 2.88 bits per heavy atom. The van der Waals surface area contributed by atoms with Crippen molar-refractivity contribution in [3.05, 3.63) is 35.8 Å². The van der Waals surface area contributed by atoms with Gasteiger partial charge in [-0.15, -0.1) is 0 Å². The number of aromatic nitrogens is 2. The van der Waals surface area contributed by atoms with Gasteiger partial charge < -0.3 is 14.9 Å². The summed E-state index contributed by atoms with van der Waals surface area (Å²) >= 11 is 0. The summed E-state index contributed by atoms with van der Waals surface area (Å²) < 4.78 is 6.66. The molecule has 2 aromatic rings. The van der Waals surface area contributed by atoms with E-state index >= 15 is 0 Å². The molecule has 0 aliphatic heterocycles. The number of aliphatic imine (C=N–C) groups is 1. The molecule has 7 heteroatoms. The number of fused-ring (bicyclic) bond motifs is 1. The van der Waals surface area contributed by atoms with Crippen LogP contribution in [0.4, 0.5) is 0 Å². The molecular weight excluding hydrogens is 308 g/mol. The topological polar surface area (TPSA) is 99.0 Å². The summed E-state index contributed by atoms with van der Waals surface area (Å²) in [5, 5.41) is 0. The van der Waals surface area contributed by atoms with Crippen molar-refractivity contribution in [2.45, 2.75) is 32.1 Å². The number of carbonyl (C=O) groups excluding carboxylic acids is 2. The predicted molar refractivity (Wildman–Crippen MR) is 89.0 cm³/mol. The van der Waals surface area contributed by atoms with Crippen LogP contribution in [0.3, 0.4) is 0 Å². The second-order valence-corrected chi connectivity index (χ2v) is 5.87. The molecule has 0 unspecified atom stereocenters. The smallest absolute Gasteiger partial charge is 0.373 e. The third-order valence-electron chi connectivity index (χ3n) is 3.86. The lowest BCUT2D eigenvalue weighted by atomic mass is 10.2. The van der Waals surface area contributed by atoms with Gasteiger partial charge in [-0.2, -0.15) is 0 Å². The fourth-order valence-electron chi connectivity index (χ4n) is 2.51. The second-order valence-electron chi connectivity index (χ2n) is 5.87. The van der Waals surface area contributed by atoms with Crippen LogP contribution in [0, 0.1) is 0 Å². The number of ketones is 1. The zero-order valence-corrected chi connectivity index (χ0v) is 13.6. The number of pyridine rings is 1. The molecule has 1 aliphatic rings. The number of rotatable bonds is 6. The molecule has 1 aliphatic carbocycles. The summed E-state index contributed by atoms with van der Waals surface area (Å²) in [6.07, 6.45) is 6.57. The van der Waals surface area contributed by atoms with Crippen molar-refractivity contribution in [2.24, 2.45) is 10.7 Å². The van der Waals surface area contributed by atoms with Gasteiger partial charge in [0, 0.05) is 12.4 Å². The van der Waals surface area contributed by atoms with E-state index in [0.29, 0.717) is 11.6 Å².